The Morgan fingerprint density at radius 1 is 1.21 bits per heavy atom. The average Bonchev–Trinajstić information content (AvgIpc) is 3.13. The molecule has 3 N–H and O–H groups in total. The van der Waals surface area contributed by atoms with Crippen LogP contribution in [0.4, 0.5) is 20.4 Å². The molecule has 0 aliphatic rings. The molecular weight excluding hydrogens is 410 g/mol. The van der Waals surface area contributed by atoms with Crippen LogP contribution < -0.4 is 10.7 Å². The van der Waals surface area contributed by atoms with Crippen molar-refractivity contribution in [2.75, 3.05) is 16.5 Å². The zero-order valence-electron chi connectivity index (χ0n) is 14.1. The van der Waals surface area contributed by atoms with Crippen LogP contribution in [0, 0.1) is 11.6 Å². The van der Waals surface area contributed by atoms with Crippen LogP contribution in [0.1, 0.15) is 5.56 Å². The first kappa shape index (κ1) is 19.8. The maximum atomic E-state index is 13.1. The summed E-state index contributed by atoms with van der Waals surface area (Å²) < 4.78 is 26.0. The van der Waals surface area contributed by atoms with E-state index in [9.17, 15) is 13.6 Å². The number of thioether (sulfide) groups is 1. The minimum atomic E-state index is -1.03. The van der Waals surface area contributed by atoms with Crippen molar-refractivity contribution in [3.8, 4) is 0 Å². The molecule has 0 radical (unpaired) electrons. The number of hydrazone groups is 1. The summed E-state index contributed by atoms with van der Waals surface area (Å²) in [5.41, 5.74) is 3.70. The van der Waals surface area contributed by atoms with Gasteiger partial charge in [0, 0.05) is 16.8 Å². The second-order valence-electron chi connectivity index (χ2n) is 5.35. The number of nitrogens with one attached hydrogen (secondary N) is 3. The number of amides is 1. The van der Waals surface area contributed by atoms with Crippen LogP contribution in [0.15, 0.2) is 52.7 Å². The molecule has 0 spiro atoms. The van der Waals surface area contributed by atoms with E-state index in [0.29, 0.717) is 16.1 Å². The van der Waals surface area contributed by atoms with Crippen molar-refractivity contribution in [1.82, 2.24) is 15.2 Å². The van der Waals surface area contributed by atoms with Crippen molar-refractivity contribution in [3.05, 3.63) is 64.7 Å². The number of aromatic nitrogens is 3. The van der Waals surface area contributed by atoms with Crippen LogP contribution in [-0.4, -0.2) is 33.1 Å². The molecule has 0 atom stereocenters. The quantitative estimate of drug-likeness (QED) is 0.305. The van der Waals surface area contributed by atoms with Gasteiger partial charge in [-0.3, -0.25) is 4.79 Å². The lowest BCUT2D eigenvalue weighted by Crippen LogP contribution is -2.14. The number of H-pyrrole nitrogens is 1. The maximum Gasteiger partial charge on any atom is 0.240 e. The van der Waals surface area contributed by atoms with Crippen molar-refractivity contribution < 1.29 is 13.6 Å². The first-order chi connectivity index (χ1) is 13.5. The number of carbonyl (C=O) groups excluding carboxylic acids is 1. The third kappa shape index (κ3) is 5.76. The zero-order chi connectivity index (χ0) is 19.9. The van der Waals surface area contributed by atoms with Crippen molar-refractivity contribution in [2.45, 2.75) is 5.16 Å². The van der Waals surface area contributed by atoms with Gasteiger partial charge < -0.3 is 5.32 Å². The van der Waals surface area contributed by atoms with Gasteiger partial charge >= 0.3 is 0 Å². The van der Waals surface area contributed by atoms with Crippen LogP contribution in [0.3, 0.4) is 0 Å². The minimum absolute atomic E-state index is 0.00959. The number of aromatic amines is 1. The smallest absolute Gasteiger partial charge is 0.240 e. The highest BCUT2D eigenvalue weighted by Gasteiger charge is 2.09. The summed E-state index contributed by atoms with van der Waals surface area (Å²) in [6.45, 7) is 0. The SMILES string of the molecule is O=C(CSc1n[nH]c(N/N=C/c2ccc(Cl)cc2)n1)Nc1ccc(F)c(F)c1. The van der Waals surface area contributed by atoms with Crippen molar-refractivity contribution in [2.24, 2.45) is 5.10 Å². The molecule has 0 aliphatic heterocycles. The number of anilines is 2. The van der Waals surface area contributed by atoms with Crippen LogP contribution in [0.5, 0.6) is 0 Å². The molecule has 1 heterocycles. The molecule has 2 aromatic carbocycles. The molecule has 144 valence electrons. The molecular formula is C17H13ClF2N6OS. The van der Waals surface area contributed by atoms with Gasteiger partial charge in [-0.15, -0.1) is 5.10 Å². The number of carbonyl (C=O) groups is 1. The highest BCUT2D eigenvalue weighted by Crippen LogP contribution is 2.16. The fourth-order valence-electron chi connectivity index (χ4n) is 1.98. The van der Waals surface area contributed by atoms with Crippen molar-refractivity contribution in [1.29, 1.82) is 0 Å². The summed E-state index contributed by atoms with van der Waals surface area (Å²) in [4.78, 5) is 16.0. The van der Waals surface area contributed by atoms with Gasteiger partial charge in [0.15, 0.2) is 11.6 Å². The number of nitrogens with zero attached hydrogens (tertiary/aromatic N) is 3. The molecule has 7 nitrogen and oxygen atoms in total. The lowest BCUT2D eigenvalue weighted by molar-refractivity contribution is -0.113. The molecule has 1 aromatic heterocycles. The Bertz CT molecular complexity index is 996. The van der Waals surface area contributed by atoms with E-state index in [-0.39, 0.29) is 11.4 Å². The Hall–Kier alpha value is -2.98. The molecule has 3 rings (SSSR count). The van der Waals surface area contributed by atoms with Crippen LogP contribution in [0.2, 0.25) is 5.02 Å². The standard InChI is InChI=1S/C17H13ClF2N6OS/c18-11-3-1-10(2-4-11)8-21-24-16-23-17(26-25-16)28-9-15(27)22-12-5-6-13(19)14(20)7-12/h1-8H,9H2,(H,22,27)(H2,23,24,25,26)/b21-8+. The summed E-state index contributed by atoms with van der Waals surface area (Å²) >= 11 is 6.88. The van der Waals surface area contributed by atoms with E-state index in [1.54, 1.807) is 30.5 Å². The molecule has 28 heavy (non-hydrogen) atoms. The lowest BCUT2D eigenvalue weighted by atomic mass is 10.2. The van der Waals surface area contributed by atoms with Gasteiger partial charge in [-0.05, 0) is 29.8 Å². The second-order valence-corrected chi connectivity index (χ2v) is 6.73. The Morgan fingerprint density at radius 2 is 2.00 bits per heavy atom. The average molecular weight is 423 g/mol. The first-order valence-electron chi connectivity index (χ1n) is 7.84. The minimum Gasteiger partial charge on any atom is -0.325 e. The monoisotopic (exact) mass is 422 g/mol. The van der Waals surface area contributed by atoms with E-state index in [1.807, 2.05) is 0 Å². The number of rotatable bonds is 7. The number of halogens is 3. The predicted octanol–water partition coefficient (Wildman–Crippen LogP) is 3.91. The molecule has 1 amide bonds. The predicted molar refractivity (Wildman–Crippen MR) is 105 cm³/mol. The van der Waals surface area contributed by atoms with Crippen LogP contribution in [0.25, 0.3) is 0 Å². The van der Waals surface area contributed by atoms with Gasteiger partial charge in [0.25, 0.3) is 0 Å². The molecule has 0 unspecified atom stereocenters. The molecule has 0 fully saturated rings. The second kappa shape index (κ2) is 9.29. The Morgan fingerprint density at radius 3 is 2.75 bits per heavy atom. The van der Waals surface area contributed by atoms with Crippen LogP contribution >= 0.6 is 23.4 Å². The largest absolute Gasteiger partial charge is 0.325 e. The number of hydrogen-bond donors (Lipinski definition) is 3. The van der Waals surface area contributed by atoms with Gasteiger partial charge in [-0.2, -0.15) is 10.1 Å². The van der Waals surface area contributed by atoms with Crippen LogP contribution in [-0.2, 0) is 4.79 Å². The molecule has 0 bridgehead atoms. The van der Waals surface area contributed by atoms with Gasteiger partial charge in [-0.25, -0.2) is 19.3 Å². The Balaban J connectivity index is 1.46. The molecule has 0 saturated carbocycles. The van der Waals surface area contributed by atoms with Gasteiger partial charge in [0.1, 0.15) is 0 Å². The Kier molecular flexibility index (Phi) is 6.56. The van der Waals surface area contributed by atoms with E-state index in [0.717, 1.165) is 29.5 Å². The molecule has 3 aromatic rings. The zero-order valence-corrected chi connectivity index (χ0v) is 15.7. The highest BCUT2D eigenvalue weighted by molar-refractivity contribution is 7.99. The van der Waals surface area contributed by atoms with Gasteiger partial charge in [-0.1, -0.05) is 35.5 Å². The van der Waals surface area contributed by atoms with E-state index < -0.39 is 17.5 Å². The van der Waals surface area contributed by atoms with E-state index >= 15 is 0 Å². The Labute approximate surface area is 167 Å². The van der Waals surface area contributed by atoms with E-state index in [4.69, 9.17) is 11.6 Å². The fraction of sp³-hybridized carbons (Fsp3) is 0.0588. The van der Waals surface area contributed by atoms with Gasteiger partial charge in [0.2, 0.25) is 17.0 Å². The summed E-state index contributed by atoms with van der Waals surface area (Å²) in [6, 6.07) is 10.2. The number of hydrogen-bond acceptors (Lipinski definition) is 6. The summed E-state index contributed by atoms with van der Waals surface area (Å²) in [6.07, 6.45) is 1.58. The van der Waals surface area contributed by atoms with Gasteiger partial charge in [0.05, 0.1) is 12.0 Å². The first-order valence-corrected chi connectivity index (χ1v) is 9.21. The van der Waals surface area contributed by atoms with E-state index in [1.165, 1.54) is 6.07 Å². The lowest BCUT2D eigenvalue weighted by Gasteiger charge is -2.04. The summed E-state index contributed by atoms with van der Waals surface area (Å²) in [5, 5.41) is 14.0. The third-order valence-electron chi connectivity index (χ3n) is 3.25. The summed E-state index contributed by atoms with van der Waals surface area (Å²) in [5.74, 6) is -2.13. The molecule has 11 heteroatoms. The van der Waals surface area contributed by atoms with Crippen molar-refractivity contribution in [3.63, 3.8) is 0 Å². The maximum absolute atomic E-state index is 13.1. The topological polar surface area (TPSA) is 95.1 Å². The highest BCUT2D eigenvalue weighted by atomic mass is 35.5. The normalized spacial score (nSPS) is 11.0. The van der Waals surface area contributed by atoms with E-state index in [2.05, 4.69) is 31.0 Å². The number of benzene rings is 2. The third-order valence-corrected chi connectivity index (χ3v) is 4.35. The van der Waals surface area contributed by atoms with Crippen molar-refractivity contribution >= 4 is 47.1 Å². The fourth-order valence-corrected chi connectivity index (χ4v) is 2.70. The molecule has 0 saturated heterocycles. The molecule has 0 aliphatic carbocycles. The summed E-state index contributed by atoms with van der Waals surface area (Å²) in [7, 11) is 0.